The summed E-state index contributed by atoms with van der Waals surface area (Å²) in [4.78, 5) is 0. The molecule has 86 valence electrons. The molecule has 0 bridgehead atoms. The molecule has 0 N–H and O–H groups in total. The summed E-state index contributed by atoms with van der Waals surface area (Å²) in [5.74, 6) is 0. The monoisotopic (exact) mass is 246 g/mol. The summed E-state index contributed by atoms with van der Waals surface area (Å²) < 4.78 is 1.76. The molecule has 0 amide bonds. The van der Waals surface area contributed by atoms with E-state index in [0.717, 1.165) is 17.0 Å². The van der Waals surface area contributed by atoms with Gasteiger partial charge in [0, 0.05) is 5.02 Å². The van der Waals surface area contributed by atoms with Crippen molar-refractivity contribution in [3.8, 4) is 6.07 Å². The Kier molecular flexibility index (Phi) is 3.40. The topological polar surface area (TPSA) is 54.5 Å². The zero-order valence-electron chi connectivity index (χ0n) is 9.39. The smallest absolute Gasteiger partial charge is 0.0996 e. The molecule has 2 rings (SSSR count). The van der Waals surface area contributed by atoms with Crippen molar-refractivity contribution in [2.75, 3.05) is 0 Å². The van der Waals surface area contributed by atoms with Gasteiger partial charge in [-0.25, -0.2) is 4.68 Å². The number of nitriles is 1. The van der Waals surface area contributed by atoms with E-state index in [1.165, 1.54) is 0 Å². The van der Waals surface area contributed by atoms with Crippen LogP contribution >= 0.6 is 11.6 Å². The molecule has 0 aliphatic heterocycles. The Morgan fingerprint density at radius 3 is 2.88 bits per heavy atom. The van der Waals surface area contributed by atoms with Gasteiger partial charge in [0.05, 0.1) is 30.4 Å². The summed E-state index contributed by atoms with van der Waals surface area (Å²) in [6.45, 7) is 2.48. The number of halogens is 1. The number of aromatic nitrogens is 3. The first-order valence-corrected chi connectivity index (χ1v) is 5.59. The fourth-order valence-corrected chi connectivity index (χ4v) is 1.77. The second-order valence-corrected chi connectivity index (χ2v) is 4.11. The Balaban J connectivity index is 2.26. The molecule has 1 heterocycles. The van der Waals surface area contributed by atoms with Crippen molar-refractivity contribution in [2.45, 2.75) is 19.9 Å². The van der Waals surface area contributed by atoms with Crippen LogP contribution in [0.5, 0.6) is 0 Å². The fourth-order valence-electron chi connectivity index (χ4n) is 1.57. The molecule has 0 atom stereocenters. The maximum absolute atomic E-state index is 8.64. The van der Waals surface area contributed by atoms with E-state index < -0.39 is 0 Å². The van der Waals surface area contributed by atoms with Crippen LogP contribution in [0.4, 0.5) is 0 Å². The number of nitrogens with zero attached hydrogens (tertiary/aromatic N) is 4. The first-order valence-electron chi connectivity index (χ1n) is 5.21. The molecule has 0 fully saturated rings. The molecule has 17 heavy (non-hydrogen) atoms. The van der Waals surface area contributed by atoms with Gasteiger partial charge >= 0.3 is 0 Å². The van der Waals surface area contributed by atoms with Crippen molar-refractivity contribution in [3.63, 3.8) is 0 Å². The van der Waals surface area contributed by atoms with Crippen LogP contribution in [0.15, 0.2) is 24.3 Å². The van der Waals surface area contributed by atoms with E-state index in [2.05, 4.69) is 16.4 Å². The summed E-state index contributed by atoms with van der Waals surface area (Å²) in [5, 5.41) is 17.4. The van der Waals surface area contributed by atoms with Crippen molar-refractivity contribution in [1.82, 2.24) is 15.0 Å². The highest BCUT2D eigenvalue weighted by atomic mass is 35.5. The van der Waals surface area contributed by atoms with Crippen molar-refractivity contribution in [2.24, 2.45) is 0 Å². The van der Waals surface area contributed by atoms with E-state index in [9.17, 15) is 0 Å². The Bertz CT molecular complexity index is 568. The summed E-state index contributed by atoms with van der Waals surface area (Å²) in [7, 11) is 0. The highest BCUT2D eigenvalue weighted by molar-refractivity contribution is 6.31. The summed E-state index contributed by atoms with van der Waals surface area (Å²) in [5.41, 5.74) is 2.62. The largest absolute Gasteiger partial charge is 0.245 e. The number of hydrogen-bond acceptors (Lipinski definition) is 3. The Labute approximate surface area is 104 Å². The molecule has 1 aromatic carbocycles. The van der Waals surface area contributed by atoms with Crippen molar-refractivity contribution in [3.05, 3.63) is 46.2 Å². The number of benzene rings is 1. The van der Waals surface area contributed by atoms with Crippen LogP contribution in [0.25, 0.3) is 0 Å². The molecule has 0 aliphatic rings. The average molecular weight is 247 g/mol. The first-order chi connectivity index (χ1) is 8.22. The molecular weight excluding hydrogens is 236 g/mol. The summed E-state index contributed by atoms with van der Waals surface area (Å²) in [6, 6.07) is 9.69. The van der Waals surface area contributed by atoms with Gasteiger partial charge in [-0.3, -0.25) is 0 Å². The SMILES string of the molecule is Cc1c(CC#N)nnn1Cc1ccccc1Cl. The zero-order valence-corrected chi connectivity index (χ0v) is 10.1. The number of rotatable bonds is 3. The molecule has 0 saturated heterocycles. The Morgan fingerprint density at radius 2 is 2.18 bits per heavy atom. The van der Waals surface area contributed by atoms with Gasteiger partial charge < -0.3 is 0 Å². The Hall–Kier alpha value is -1.86. The maximum Gasteiger partial charge on any atom is 0.0996 e. The highest BCUT2D eigenvalue weighted by Gasteiger charge is 2.09. The number of hydrogen-bond donors (Lipinski definition) is 0. The van der Waals surface area contributed by atoms with E-state index in [1.54, 1.807) is 4.68 Å². The van der Waals surface area contributed by atoms with Gasteiger partial charge in [-0.2, -0.15) is 5.26 Å². The molecule has 1 aromatic heterocycles. The van der Waals surface area contributed by atoms with Gasteiger partial charge in [0.2, 0.25) is 0 Å². The molecule has 2 aromatic rings. The summed E-state index contributed by atoms with van der Waals surface area (Å²) >= 11 is 6.08. The van der Waals surface area contributed by atoms with E-state index in [0.29, 0.717) is 11.6 Å². The van der Waals surface area contributed by atoms with E-state index in [1.807, 2.05) is 31.2 Å². The predicted molar refractivity (Wildman–Crippen MR) is 64.6 cm³/mol. The third-order valence-corrected chi connectivity index (χ3v) is 2.97. The third kappa shape index (κ3) is 2.45. The highest BCUT2D eigenvalue weighted by Crippen LogP contribution is 2.17. The lowest BCUT2D eigenvalue weighted by molar-refractivity contribution is 0.633. The van der Waals surface area contributed by atoms with Gasteiger partial charge in [0.1, 0.15) is 0 Å². The van der Waals surface area contributed by atoms with Gasteiger partial charge in [-0.1, -0.05) is 35.0 Å². The summed E-state index contributed by atoms with van der Waals surface area (Å²) in [6.07, 6.45) is 0.286. The maximum atomic E-state index is 8.64. The molecule has 0 unspecified atom stereocenters. The minimum absolute atomic E-state index is 0.286. The molecule has 0 spiro atoms. The van der Waals surface area contributed by atoms with Gasteiger partial charge in [0.15, 0.2) is 0 Å². The Morgan fingerprint density at radius 1 is 1.41 bits per heavy atom. The van der Waals surface area contributed by atoms with Crippen LogP contribution in [-0.4, -0.2) is 15.0 Å². The lowest BCUT2D eigenvalue weighted by Gasteiger charge is -2.05. The van der Waals surface area contributed by atoms with Crippen LogP contribution in [0.1, 0.15) is 17.0 Å². The van der Waals surface area contributed by atoms with Crippen LogP contribution in [0.3, 0.4) is 0 Å². The second kappa shape index (κ2) is 4.98. The minimum Gasteiger partial charge on any atom is -0.245 e. The second-order valence-electron chi connectivity index (χ2n) is 3.71. The van der Waals surface area contributed by atoms with Gasteiger partial charge in [-0.15, -0.1) is 5.10 Å². The molecule has 4 nitrogen and oxygen atoms in total. The van der Waals surface area contributed by atoms with Crippen LogP contribution < -0.4 is 0 Å². The fraction of sp³-hybridized carbons (Fsp3) is 0.250. The molecule has 0 saturated carbocycles. The van der Waals surface area contributed by atoms with Crippen molar-refractivity contribution >= 4 is 11.6 Å². The molecule has 0 aliphatic carbocycles. The van der Waals surface area contributed by atoms with Crippen LogP contribution in [0, 0.1) is 18.3 Å². The average Bonchev–Trinajstić information content (AvgIpc) is 2.65. The van der Waals surface area contributed by atoms with Crippen LogP contribution in [-0.2, 0) is 13.0 Å². The zero-order chi connectivity index (χ0) is 12.3. The minimum atomic E-state index is 0.286. The first kappa shape index (κ1) is 11.6. The van der Waals surface area contributed by atoms with Crippen LogP contribution in [0.2, 0.25) is 5.02 Å². The molecular formula is C12H11ClN4. The van der Waals surface area contributed by atoms with E-state index in [4.69, 9.17) is 16.9 Å². The standard InChI is InChI=1S/C12H11ClN4/c1-9-12(6-7-14)15-16-17(9)8-10-4-2-3-5-11(10)13/h2-5H,6,8H2,1H3. The lowest BCUT2D eigenvalue weighted by Crippen LogP contribution is -2.04. The van der Waals surface area contributed by atoms with Gasteiger partial charge in [0.25, 0.3) is 0 Å². The van der Waals surface area contributed by atoms with E-state index in [-0.39, 0.29) is 6.42 Å². The van der Waals surface area contributed by atoms with Crippen molar-refractivity contribution in [1.29, 1.82) is 5.26 Å². The third-order valence-electron chi connectivity index (χ3n) is 2.60. The lowest BCUT2D eigenvalue weighted by atomic mass is 10.2. The molecule has 0 radical (unpaired) electrons. The van der Waals surface area contributed by atoms with Crippen molar-refractivity contribution < 1.29 is 0 Å². The van der Waals surface area contributed by atoms with E-state index >= 15 is 0 Å². The van der Waals surface area contributed by atoms with Gasteiger partial charge in [-0.05, 0) is 18.6 Å². The molecule has 5 heteroatoms. The predicted octanol–water partition coefficient (Wildman–Crippen LogP) is 2.35. The normalized spacial score (nSPS) is 10.2. The quantitative estimate of drug-likeness (QED) is 0.835.